The van der Waals surface area contributed by atoms with Gasteiger partial charge < -0.3 is 9.84 Å². The lowest BCUT2D eigenvalue weighted by molar-refractivity contribution is -0.150. The number of hydrogen-bond acceptors (Lipinski definition) is 3. The third kappa shape index (κ3) is 2.99. The molecular formula is C15H17NO4. The molecule has 1 N–H and O–H groups in total. The standard InChI is InChI=1S/C15H17NO4/c1-2-12-8-9-13(16(12)15(18)19)14(17)20-10-11-6-4-3-5-7-11/h2-7,12-13H,1,8-10H2,(H,18,19). The molecular weight excluding hydrogens is 258 g/mol. The summed E-state index contributed by atoms with van der Waals surface area (Å²) in [6.07, 6.45) is 1.50. The largest absolute Gasteiger partial charge is 0.465 e. The molecule has 106 valence electrons. The van der Waals surface area contributed by atoms with Crippen LogP contribution in [0, 0.1) is 0 Å². The molecule has 2 rings (SSSR count). The predicted molar refractivity (Wildman–Crippen MR) is 73.1 cm³/mol. The predicted octanol–water partition coefficient (Wildman–Crippen LogP) is 2.43. The molecule has 20 heavy (non-hydrogen) atoms. The van der Waals surface area contributed by atoms with E-state index in [1.54, 1.807) is 6.08 Å². The Labute approximate surface area is 117 Å². The van der Waals surface area contributed by atoms with Gasteiger partial charge in [-0.15, -0.1) is 6.58 Å². The van der Waals surface area contributed by atoms with E-state index in [-0.39, 0.29) is 12.6 Å². The van der Waals surface area contributed by atoms with Crippen LogP contribution in [0.4, 0.5) is 4.79 Å². The zero-order valence-electron chi connectivity index (χ0n) is 11.1. The molecule has 0 aliphatic carbocycles. The van der Waals surface area contributed by atoms with Gasteiger partial charge in [0.05, 0.1) is 6.04 Å². The highest BCUT2D eigenvalue weighted by atomic mass is 16.5. The van der Waals surface area contributed by atoms with Crippen LogP contribution < -0.4 is 0 Å². The first-order valence-electron chi connectivity index (χ1n) is 6.48. The summed E-state index contributed by atoms with van der Waals surface area (Å²) in [4.78, 5) is 24.4. The summed E-state index contributed by atoms with van der Waals surface area (Å²) in [5.41, 5.74) is 0.876. The third-order valence-electron chi connectivity index (χ3n) is 3.42. The van der Waals surface area contributed by atoms with E-state index < -0.39 is 18.1 Å². The molecule has 1 fully saturated rings. The molecule has 0 bridgehead atoms. The Balaban J connectivity index is 1.98. The number of carbonyl (C=O) groups is 2. The van der Waals surface area contributed by atoms with Crippen molar-refractivity contribution in [1.29, 1.82) is 0 Å². The van der Waals surface area contributed by atoms with Crippen LogP contribution in [0.1, 0.15) is 18.4 Å². The molecule has 1 aliphatic rings. The number of rotatable bonds is 4. The molecule has 2 unspecified atom stereocenters. The number of likely N-dealkylation sites (tertiary alicyclic amines) is 1. The molecule has 1 aliphatic heterocycles. The van der Waals surface area contributed by atoms with Gasteiger partial charge >= 0.3 is 12.1 Å². The summed E-state index contributed by atoms with van der Waals surface area (Å²) < 4.78 is 5.21. The number of amides is 1. The second kappa shape index (κ2) is 6.23. The van der Waals surface area contributed by atoms with Crippen molar-refractivity contribution in [2.24, 2.45) is 0 Å². The molecule has 0 radical (unpaired) electrons. The van der Waals surface area contributed by atoms with Crippen LogP contribution in [0.2, 0.25) is 0 Å². The van der Waals surface area contributed by atoms with E-state index in [1.807, 2.05) is 30.3 Å². The van der Waals surface area contributed by atoms with Crippen LogP contribution in [0.3, 0.4) is 0 Å². The summed E-state index contributed by atoms with van der Waals surface area (Å²) in [5, 5.41) is 9.19. The minimum atomic E-state index is -1.12. The number of ether oxygens (including phenoxy) is 1. The first-order valence-corrected chi connectivity index (χ1v) is 6.48. The molecule has 0 spiro atoms. The molecule has 5 nitrogen and oxygen atoms in total. The zero-order chi connectivity index (χ0) is 14.5. The SMILES string of the molecule is C=CC1CCC(C(=O)OCc2ccccc2)N1C(=O)O. The van der Waals surface area contributed by atoms with Crippen molar-refractivity contribution in [1.82, 2.24) is 4.90 Å². The van der Waals surface area contributed by atoms with Crippen molar-refractivity contribution in [2.75, 3.05) is 0 Å². The van der Waals surface area contributed by atoms with Crippen LogP contribution >= 0.6 is 0 Å². The monoisotopic (exact) mass is 275 g/mol. The van der Waals surface area contributed by atoms with Crippen molar-refractivity contribution in [2.45, 2.75) is 31.5 Å². The molecule has 1 aromatic carbocycles. The molecule has 2 atom stereocenters. The van der Waals surface area contributed by atoms with Crippen LogP contribution in [0.25, 0.3) is 0 Å². The van der Waals surface area contributed by atoms with Crippen LogP contribution in [0.5, 0.6) is 0 Å². The van der Waals surface area contributed by atoms with Crippen LogP contribution in [-0.4, -0.2) is 34.2 Å². The summed E-state index contributed by atoms with van der Waals surface area (Å²) in [6.45, 7) is 3.76. The van der Waals surface area contributed by atoms with Gasteiger partial charge in [0, 0.05) is 0 Å². The molecule has 0 aromatic heterocycles. The van der Waals surface area contributed by atoms with Crippen LogP contribution in [-0.2, 0) is 16.1 Å². The molecule has 1 amide bonds. The first kappa shape index (κ1) is 14.1. The fourth-order valence-electron chi connectivity index (χ4n) is 2.40. The Kier molecular flexibility index (Phi) is 4.40. The van der Waals surface area contributed by atoms with Gasteiger partial charge in [0.1, 0.15) is 12.6 Å². The Bertz CT molecular complexity index is 500. The lowest BCUT2D eigenvalue weighted by Crippen LogP contribution is -2.44. The Morgan fingerprint density at radius 3 is 2.65 bits per heavy atom. The summed E-state index contributed by atoms with van der Waals surface area (Å²) >= 11 is 0. The normalized spacial score (nSPS) is 21.5. The summed E-state index contributed by atoms with van der Waals surface area (Å²) in [6, 6.07) is 8.24. The maximum atomic E-state index is 12.0. The van der Waals surface area contributed by atoms with E-state index in [0.29, 0.717) is 12.8 Å². The highest BCUT2D eigenvalue weighted by Gasteiger charge is 2.40. The Morgan fingerprint density at radius 1 is 1.35 bits per heavy atom. The third-order valence-corrected chi connectivity index (χ3v) is 3.42. The fraction of sp³-hybridized carbons (Fsp3) is 0.333. The molecule has 1 heterocycles. The lowest BCUT2D eigenvalue weighted by Gasteiger charge is -2.24. The first-order chi connectivity index (χ1) is 9.63. The fourth-order valence-corrected chi connectivity index (χ4v) is 2.40. The van der Waals surface area contributed by atoms with Crippen molar-refractivity contribution in [3.63, 3.8) is 0 Å². The van der Waals surface area contributed by atoms with E-state index in [1.165, 1.54) is 0 Å². The molecule has 1 aromatic rings. The lowest BCUT2D eigenvalue weighted by atomic mass is 10.2. The Morgan fingerprint density at radius 2 is 2.05 bits per heavy atom. The molecule has 0 saturated carbocycles. The van der Waals surface area contributed by atoms with E-state index in [0.717, 1.165) is 10.5 Å². The van der Waals surface area contributed by atoms with Gasteiger partial charge in [0.25, 0.3) is 0 Å². The van der Waals surface area contributed by atoms with E-state index in [9.17, 15) is 14.7 Å². The Hall–Kier alpha value is -2.30. The average molecular weight is 275 g/mol. The van der Waals surface area contributed by atoms with Gasteiger partial charge in [0.2, 0.25) is 0 Å². The average Bonchev–Trinajstić information content (AvgIpc) is 2.90. The maximum absolute atomic E-state index is 12.0. The van der Waals surface area contributed by atoms with Gasteiger partial charge in [-0.25, -0.2) is 9.59 Å². The summed E-state index contributed by atoms with van der Waals surface area (Å²) in [5.74, 6) is -0.499. The highest BCUT2D eigenvalue weighted by Crippen LogP contribution is 2.26. The number of nitrogens with zero attached hydrogens (tertiary/aromatic N) is 1. The van der Waals surface area contributed by atoms with Crippen molar-refractivity contribution in [3.05, 3.63) is 48.6 Å². The second-order valence-electron chi connectivity index (χ2n) is 4.68. The van der Waals surface area contributed by atoms with Crippen LogP contribution in [0.15, 0.2) is 43.0 Å². The number of carboxylic acid groups (broad SMARTS) is 1. The maximum Gasteiger partial charge on any atom is 0.408 e. The minimum absolute atomic E-state index is 0.155. The van der Waals surface area contributed by atoms with Gasteiger partial charge in [-0.1, -0.05) is 36.4 Å². The number of hydrogen-bond donors (Lipinski definition) is 1. The van der Waals surface area contributed by atoms with Gasteiger partial charge in [-0.2, -0.15) is 0 Å². The van der Waals surface area contributed by atoms with Crippen molar-refractivity contribution >= 4 is 12.1 Å². The van der Waals surface area contributed by atoms with E-state index in [2.05, 4.69) is 6.58 Å². The van der Waals surface area contributed by atoms with Gasteiger partial charge in [-0.05, 0) is 18.4 Å². The summed E-state index contributed by atoms with van der Waals surface area (Å²) in [7, 11) is 0. The highest BCUT2D eigenvalue weighted by molar-refractivity contribution is 5.82. The smallest absolute Gasteiger partial charge is 0.408 e. The second-order valence-corrected chi connectivity index (χ2v) is 4.68. The zero-order valence-corrected chi connectivity index (χ0v) is 11.1. The van der Waals surface area contributed by atoms with Gasteiger partial charge in [0.15, 0.2) is 0 Å². The van der Waals surface area contributed by atoms with Crippen molar-refractivity contribution < 1.29 is 19.4 Å². The van der Waals surface area contributed by atoms with E-state index in [4.69, 9.17) is 4.74 Å². The van der Waals surface area contributed by atoms with Crippen molar-refractivity contribution in [3.8, 4) is 0 Å². The number of benzene rings is 1. The molecule has 5 heteroatoms. The minimum Gasteiger partial charge on any atom is -0.465 e. The van der Waals surface area contributed by atoms with Gasteiger partial charge in [-0.3, -0.25) is 4.90 Å². The quantitative estimate of drug-likeness (QED) is 0.677. The number of carbonyl (C=O) groups excluding carboxylic acids is 1. The number of esters is 1. The molecule has 1 saturated heterocycles. The van der Waals surface area contributed by atoms with E-state index >= 15 is 0 Å². The topological polar surface area (TPSA) is 66.8 Å².